The number of likely N-dealkylation sites (N-methyl/N-ethyl adjacent to an activating group) is 1. The number of nitrogens with one attached hydrogen (secondary N) is 1. The van der Waals surface area contributed by atoms with E-state index in [-0.39, 0.29) is 17.1 Å². The fourth-order valence-electron chi connectivity index (χ4n) is 2.18. The molecule has 0 saturated carbocycles. The Morgan fingerprint density at radius 1 is 1.61 bits per heavy atom. The Balaban J connectivity index is 2.36. The quantitative estimate of drug-likeness (QED) is 0.825. The molecule has 0 bridgehead atoms. The topological polar surface area (TPSA) is 67.4 Å². The third-order valence-corrected chi connectivity index (χ3v) is 3.29. The van der Waals surface area contributed by atoms with Crippen molar-refractivity contribution in [3.63, 3.8) is 0 Å². The molecule has 98 valence electrons. The van der Waals surface area contributed by atoms with Crippen LogP contribution in [0, 0.1) is 0 Å². The lowest BCUT2D eigenvalue weighted by Crippen LogP contribution is -2.42. The predicted octanol–water partition coefficient (Wildman–Crippen LogP) is 0.853. The molecule has 1 aliphatic heterocycles. The molecule has 2 rings (SSSR count). The highest BCUT2D eigenvalue weighted by molar-refractivity contribution is 6.31. The van der Waals surface area contributed by atoms with E-state index in [2.05, 4.69) is 15.3 Å². The van der Waals surface area contributed by atoms with Crippen LogP contribution in [0.3, 0.4) is 0 Å². The van der Waals surface area contributed by atoms with Crippen molar-refractivity contribution >= 4 is 23.3 Å². The molecule has 0 radical (unpaired) electrons. The third-order valence-electron chi connectivity index (χ3n) is 3.02. The molecule has 18 heavy (non-hydrogen) atoms. The van der Waals surface area contributed by atoms with Gasteiger partial charge in [-0.15, -0.1) is 0 Å². The Morgan fingerprint density at radius 2 is 2.39 bits per heavy atom. The number of carbonyl (C=O) groups is 1. The van der Waals surface area contributed by atoms with Crippen LogP contribution in [0.5, 0.6) is 5.75 Å². The van der Waals surface area contributed by atoms with Crippen LogP contribution in [0.2, 0.25) is 5.15 Å². The zero-order valence-corrected chi connectivity index (χ0v) is 11.1. The summed E-state index contributed by atoms with van der Waals surface area (Å²) in [6, 6.07) is -0.227. The molecule has 7 heteroatoms. The van der Waals surface area contributed by atoms with Gasteiger partial charge in [0.15, 0.2) is 16.7 Å². The lowest BCUT2D eigenvalue weighted by molar-refractivity contribution is -0.121. The first-order valence-electron chi connectivity index (χ1n) is 5.71. The Kier molecular flexibility index (Phi) is 3.86. The number of aromatic nitrogens is 2. The van der Waals surface area contributed by atoms with E-state index in [1.54, 1.807) is 7.05 Å². The lowest BCUT2D eigenvalue weighted by atomic mass is 10.2. The first-order chi connectivity index (χ1) is 8.69. The van der Waals surface area contributed by atoms with E-state index in [0.29, 0.717) is 11.6 Å². The fraction of sp³-hybridized carbons (Fsp3) is 0.545. The van der Waals surface area contributed by atoms with E-state index in [1.165, 1.54) is 13.4 Å². The molecule has 2 heterocycles. The molecule has 0 aliphatic carbocycles. The van der Waals surface area contributed by atoms with Crippen molar-refractivity contribution in [3.05, 3.63) is 11.5 Å². The molecule has 1 atom stereocenters. The second-order valence-electron chi connectivity index (χ2n) is 3.99. The number of nitrogens with zero attached hydrogens (tertiary/aromatic N) is 3. The van der Waals surface area contributed by atoms with Crippen molar-refractivity contribution in [1.29, 1.82) is 0 Å². The second-order valence-corrected chi connectivity index (χ2v) is 4.35. The van der Waals surface area contributed by atoms with Crippen LogP contribution in [-0.4, -0.2) is 42.6 Å². The van der Waals surface area contributed by atoms with Gasteiger partial charge in [0.05, 0.1) is 7.11 Å². The van der Waals surface area contributed by atoms with E-state index in [0.717, 1.165) is 19.4 Å². The van der Waals surface area contributed by atoms with E-state index >= 15 is 0 Å². The molecular formula is C11H15ClN4O2. The molecule has 1 unspecified atom stereocenters. The van der Waals surface area contributed by atoms with Crippen molar-refractivity contribution < 1.29 is 9.53 Å². The zero-order chi connectivity index (χ0) is 13.1. The van der Waals surface area contributed by atoms with Crippen LogP contribution in [0.25, 0.3) is 0 Å². The van der Waals surface area contributed by atoms with Gasteiger partial charge in [0, 0.05) is 13.6 Å². The van der Waals surface area contributed by atoms with Gasteiger partial charge in [-0.25, -0.2) is 9.97 Å². The van der Waals surface area contributed by atoms with Crippen LogP contribution in [0.1, 0.15) is 12.8 Å². The van der Waals surface area contributed by atoms with E-state index < -0.39 is 0 Å². The largest absolute Gasteiger partial charge is 0.490 e. The lowest BCUT2D eigenvalue weighted by Gasteiger charge is -2.25. The number of hydrogen-bond acceptors (Lipinski definition) is 5. The summed E-state index contributed by atoms with van der Waals surface area (Å²) < 4.78 is 5.22. The Morgan fingerprint density at radius 3 is 3.06 bits per heavy atom. The maximum atomic E-state index is 11.8. The maximum Gasteiger partial charge on any atom is 0.242 e. The summed E-state index contributed by atoms with van der Waals surface area (Å²) in [7, 11) is 3.14. The maximum absolute atomic E-state index is 11.8. The minimum atomic E-state index is -0.227. The van der Waals surface area contributed by atoms with Crippen LogP contribution < -0.4 is 15.0 Å². The molecular weight excluding hydrogens is 256 g/mol. The van der Waals surface area contributed by atoms with Crippen molar-refractivity contribution in [2.24, 2.45) is 0 Å². The molecule has 0 aromatic carbocycles. The SMILES string of the molecule is CNC(=O)C1CCCN1c1ncnc(Cl)c1OC. The van der Waals surface area contributed by atoms with Crippen molar-refractivity contribution in [1.82, 2.24) is 15.3 Å². The summed E-state index contributed by atoms with van der Waals surface area (Å²) >= 11 is 5.97. The normalized spacial score (nSPS) is 18.8. The molecule has 6 nitrogen and oxygen atoms in total. The van der Waals surface area contributed by atoms with Gasteiger partial charge >= 0.3 is 0 Å². The first-order valence-corrected chi connectivity index (χ1v) is 6.09. The monoisotopic (exact) mass is 270 g/mol. The first kappa shape index (κ1) is 12.9. The van der Waals surface area contributed by atoms with E-state index in [4.69, 9.17) is 16.3 Å². The van der Waals surface area contributed by atoms with Gasteiger partial charge < -0.3 is 15.0 Å². The van der Waals surface area contributed by atoms with Crippen LogP contribution in [0.15, 0.2) is 6.33 Å². The summed E-state index contributed by atoms with van der Waals surface area (Å²) in [5.41, 5.74) is 0. The number of halogens is 1. The summed E-state index contributed by atoms with van der Waals surface area (Å²) in [6.45, 7) is 0.752. The molecule has 1 aromatic rings. The van der Waals surface area contributed by atoms with Gasteiger partial charge in [0.1, 0.15) is 12.4 Å². The molecule has 1 aliphatic rings. The summed E-state index contributed by atoms with van der Waals surface area (Å²) in [5, 5.41) is 2.92. The Hall–Kier alpha value is -1.56. The molecule has 1 fully saturated rings. The highest BCUT2D eigenvalue weighted by atomic mass is 35.5. The number of anilines is 1. The van der Waals surface area contributed by atoms with E-state index in [9.17, 15) is 4.79 Å². The molecule has 1 saturated heterocycles. The van der Waals surface area contributed by atoms with Gasteiger partial charge in [-0.05, 0) is 12.8 Å². The summed E-state index contributed by atoms with van der Waals surface area (Å²) in [4.78, 5) is 21.8. The predicted molar refractivity (Wildman–Crippen MR) is 68.0 cm³/mol. The molecule has 1 amide bonds. The number of rotatable bonds is 3. The van der Waals surface area contributed by atoms with Gasteiger partial charge in [-0.3, -0.25) is 4.79 Å². The number of amides is 1. The summed E-state index contributed by atoms with van der Waals surface area (Å²) in [6.07, 6.45) is 3.10. The zero-order valence-electron chi connectivity index (χ0n) is 10.3. The third kappa shape index (κ3) is 2.20. The smallest absolute Gasteiger partial charge is 0.242 e. The highest BCUT2D eigenvalue weighted by Crippen LogP contribution is 2.35. The van der Waals surface area contributed by atoms with Crippen LogP contribution in [-0.2, 0) is 4.79 Å². The number of carbonyl (C=O) groups excluding carboxylic acids is 1. The average Bonchev–Trinajstić information content (AvgIpc) is 2.86. The number of methoxy groups -OCH3 is 1. The van der Waals surface area contributed by atoms with Crippen LogP contribution >= 0.6 is 11.6 Å². The van der Waals surface area contributed by atoms with Crippen LogP contribution in [0.4, 0.5) is 5.82 Å². The average molecular weight is 271 g/mol. The second kappa shape index (κ2) is 5.39. The minimum Gasteiger partial charge on any atom is -0.490 e. The number of hydrogen-bond donors (Lipinski definition) is 1. The van der Waals surface area contributed by atoms with Gasteiger partial charge in [-0.1, -0.05) is 11.6 Å². The highest BCUT2D eigenvalue weighted by Gasteiger charge is 2.33. The fourth-order valence-corrected chi connectivity index (χ4v) is 2.39. The Bertz CT molecular complexity index is 455. The molecule has 1 N–H and O–H groups in total. The van der Waals surface area contributed by atoms with E-state index in [1.807, 2.05) is 4.90 Å². The van der Waals surface area contributed by atoms with Crippen molar-refractivity contribution in [2.75, 3.05) is 25.6 Å². The van der Waals surface area contributed by atoms with Gasteiger partial charge in [0.2, 0.25) is 5.91 Å². The molecule has 1 aromatic heterocycles. The number of ether oxygens (including phenoxy) is 1. The van der Waals surface area contributed by atoms with Crippen molar-refractivity contribution in [2.45, 2.75) is 18.9 Å². The van der Waals surface area contributed by atoms with Crippen molar-refractivity contribution in [3.8, 4) is 5.75 Å². The standard InChI is InChI=1S/C11H15ClN4O2/c1-13-11(17)7-4-3-5-16(7)10-8(18-2)9(12)14-6-15-10/h6-7H,3-5H2,1-2H3,(H,13,17). The van der Waals surface area contributed by atoms with Gasteiger partial charge in [-0.2, -0.15) is 0 Å². The minimum absolute atomic E-state index is 0.0238. The molecule has 0 spiro atoms. The Labute approximate surface area is 110 Å². The van der Waals surface area contributed by atoms with Gasteiger partial charge in [0.25, 0.3) is 0 Å². The summed E-state index contributed by atoms with van der Waals surface area (Å²) in [5.74, 6) is 0.961.